The van der Waals surface area contributed by atoms with E-state index in [4.69, 9.17) is 4.42 Å². The number of hydrogen-bond acceptors (Lipinski definition) is 6. The van der Waals surface area contributed by atoms with Gasteiger partial charge < -0.3 is 9.15 Å². The van der Waals surface area contributed by atoms with Gasteiger partial charge in [-0.2, -0.15) is 0 Å². The molecule has 0 N–H and O–H groups in total. The van der Waals surface area contributed by atoms with Crippen LogP contribution in [-0.4, -0.2) is 41.8 Å². The molecule has 2 aromatic rings. The number of carbonyl (C=O) groups excluding carboxylic acids is 1. The molecular weight excluding hydrogens is 277 g/mol. The molecule has 1 heterocycles. The monoisotopic (exact) mass is 293 g/mol. The third-order valence-corrected chi connectivity index (χ3v) is 2.89. The van der Waals surface area contributed by atoms with Crippen LogP contribution in [0.1, 0.15) is 12.3 Å². The minimum absolute atomic E-state index is 0.264. The summed E-state index contributed by atoms with van der Waals surface area (Å²) in [4.78, 5) is 12.9. The Kier molecular flexibility index (Phi) is 4.99. The van der Waals surface area contributed by atoms with E-state index in [1.807, 2.05) is 11.9 Å². The van der Waals surface area contributed by atoms with Crippen LogP contribution in [0.15, 0.2) is 28.7 Å². The number of aromatic nitrogens is 2. The van der Waals surface area contributed by atoms with E-state index in [0.717, 1.165) is 0 Å². The van der Waals surface area contributed by atoms with Crippen molar-refractivity contribution < 1.29 is 18.3 Å². The zero-order valence-electron chi connectivity index (χ0n) is 11.9. The van der Waals surface area contributed by atoms with Crippen molar-refractivity contribution in [1.29, 1.82) is 0 Å². The van der Waals surface area contributed by atoms with Gasteiger partial charge in [-0.1, -0.05) is 0 Å². The van der Waals surface area contributed by atoms with Gasteiger partial charge in [0.25, 0.3) is 0 Å². The number of rotatable bonds is 6. The summed E-state index contributed by atoms with van der Waals surface area (Å²) in [6, 6.07) is 5.82. The Morgan fingerprint density at radius 1 is 1.33 bits per heavy atom. The first-order valence-electron chi connectivity index (χ1n) is 6.42. The van der Waals surface area contributed by atoms with Crippen molar-refractivity contribution in [1.82, 2.24) is 15.1 Å². The topological polar surface area (TPSA) is 68.5 Å². The molecule has 0 aliphatic heterocycles. The number of hydrogen-bond donors (Lipinski definition) is 0. The quantitative estimate of drug-likeness (QED) is 0.757. The van der Waals surface area contributed by atoms with Crippen LogP contribution >= 0.6 is 0 Å². The van der Waals surface area contributed by atoms with E-state index in [0.29, 0.717) is 36.9 Å². The Morgan fingerprint density at radius 3 is 2.71 bits per heavy atom. The van der Waals surface area contributed by atoms with Crippen LogP contribution in [0.5, 0.6) is 0 Å². The predicted molar refractivity (Wildman–Crippen MR) is 72.7 cm³/mol. The normalized spacial score (nSPS) is 10.9. The molecule has 0 saturated carbocycles. The summed E-state index contributed by atoms with van der Waals surface area (Å²) in [7, 11) is 3.19. The van der Waals surface area contributed by atoms with E-state index in [1.54, 1.807) is 12.1 Å². The maximum Gasteiger partial charge on any atom is 0.306 e. The van der Waals surface area contributed by atoms with Gasteiger partial charge in [0.05, 0.1) is 20.1 Å². The Balaban J connectivity index is 1.93. The smallest absolute Gasteiger partial charge is 0.306 e. The van der Waals surface area contributed by atoms with Crippen molar-refractivity contribution in [3.63, 3.8) is 0 Å². The third-order valence-electron chi connectivity index (χ3n) is 2.89. The molecule has 0 amide bonds. The fourth-order valence-electron chi connectivity index (χ4n) is 1.72. The number of esters is 1. The van der Waals surface area contributed by atoms with E-state index >= 15 is 0 Å². The van der Waals surface area contributed by atoms with Gasteiger partial charge >= 0.3 is 5.97 Å². The molecule has 0 radical (unpaired) electrons. The molecule has 7 heteroatoms. The summed E-state index contributed by atoms with van der Waals surface area (Å²) >= 11 is 0. The summed E-state index contributed by atoms with van der Waals surface area (Å²) in [6.45, 7) is 0.951. The van der Waals surface area contributed by atoms with Crippen LogP contribution in [0.4, 0.5) is 4.39 Å². The highest BCUT2D eigenvalue weighted by molar-refractivity contribution is 5.69. The lowest BCUT2D eigenvalue weighted by Crippen LogP contribution is -2.22. The lowest BCUT2D eigenvalue weighted by molar-refractivity contribution is -0.140. The van der Waals surface area contributed by atoms with Crippen molar-refractivity contribution >= 4 is 5.97 Å². The molecule has 0 bridgehead atoms. The molecule has 6 nitrogen and oxygen atoms in total. The molecule has 0 saturated heterocycles. The highest BCUT2D eigenvalue weighted by Crippen LogP contribution is 2.18. The zero-order valence-corrected chi connectivity index (χ0v) is 11.9. The summed E-state index contributed by atoms with van der Waals surface area (Å²) < 4.78 is 22.9. The van der Waals surface area contributed by atoms with Crippen LogP contribution in [-0.2, 0) is 16.1 Å². The maximum atomic E-state index is 12.8. The second-order valence-corrected chi connectivity index (χ2v) is 4.57. The molecule has 0 fully saturated rings. The summed E-state index contributed by atoms with van der Waals surface area (Å²) in [5, 5.41) is 7.86. The van der Waals surface area contributed by atoms with Gasteiger partial charge in [-0.3, -0.25) is 9.69 Å². The molecule has 0 aliphatic carbocycles. The standard InChI is InChI=1S/C14H16FN3O3/c1-18(8-7-13(19)20-2)9-12-16-17-14(21-12)10-3-5-11(15)6-4-10/h3-6H,7-9H2,1-2H3. The first kappa shape index (κ1) is 15.1. The van der Waals surface area contributed by atoms with E-state index in [9.17, 15) is 9.18 Å². The van der Waals surface area contributed by atoms with Gasteiger partial charge in [-0.15, -0.1) is 10.2 Å². The molecule has 112 valence electrons. The number of halogens is 1. The van der Waals surface area contributed by atoms with Crippen molar-refractivity contribution in [3.8, 4) is 11.5 Å². The molecule has 0 aliphatic rings. The minimum atomic E-state index is -0.318. The number of nitrogens with zero attached hydrogens (tertiary/aromatic N) is 3. The molecule has 0 unspecified atom stereocenters. The average Bonchev–Trinajstić information content (AvgIpc) is 2.94. The Hall–Kier alpha value is -2.28. The zero-order chi connectivity index (χ0) is 15.2. The van der Waals surface area contributed by atoms with Gasteiger partial charge in [0, 0.05) is 12.1 Å². The van der Waals surface area contributed by atoms with E-state index in [1.165, 1.54) is 19.2 Å². The first-order valence-corrected chi connectivity index (χ1v) is 6.42. The van der Waals surface area contributed by atoms with Gasteiger partial charge in [0.15, 0.2) is 0 Å². The van der Waals surface area contributed by atoms with Crippen molar-refractivity contribution in [2.75, 3.05) is 20.7 Å². The number of carbonyl (C=O) groups is 1. The van der Waals surface area contributed by atoms with Gasteiger partial charge in [-0.05, 0) is 31.3 Å². The van der Waals surface area contributed by atoms with Gasteiger partial charge in [0.2, 0.25) is 11.8 Å². The maximum absolute atomic E-state index is 12.8. The Morgan fingerprint density at radius 2 is 2.05 bits per heavy atom. The molecule has 1 aromatic carbocycles. The van der Waals surface area contributed by atoms with Crippen LogP contribution in [0.25, 0.3) is 11.5 Å². The number of methoxy groups -OCH3 is 1. The number of ether oxygens (including phenoxy) is 1. The summed E-state index contributed by atoms with van der Waals surface area (Å²) in [6.07, 6.45) is 0.298. The van der Waals surface area contributed by atoms with Crippen LogP contribution in [0, 0.1) is 5.82 Å². The second-order valence-electron chi connectivity index (χ2n) is 4.57. The SMILES string of the molecule is COC(=O)CCN(C)Cc1nnc(-c2ccc(F)cc2)o1. The highest BCUT2D eigenvalue weighted by atomic mass is 19.1. The lowest BCUT2D eigenvalue weighted by Gasteiger charge is -2.12. The molecular formula is C14H16FN3O3. The number of benzene rings is 1. The van der Waals surface area contributed by atoms with E-state index in [-0.39, 0.29) is 11.8 Å². The predicted octanol–water partition coefficient (Wildman–Crippen LogP) is 1.87. The van der Waals surface area contributed by atoms with Crippen LogP contribution in [0.2, 0.25) is 0 Å². The Bertz CT molecular complexity index is 598. The molecule has 1 aromatic heterocycles. The molecule has 0 spiro atoms. The second kappa shape index (κ2) is 6.94. The fourth-order valence-corrected chi connectivity index (χ4v) is 1.72. The van der Waals surface area contributed by atoms with E-state index < -0.39 is 0 Å². The van der Waals surface area contributed by atoms with Crippen molar-refractivity contribution in [2.24, 2.45) is 0 Å². The Labute approximate surface area is 121 Å². The molecule has 2 rings (SSSR count). The molecule has 0 atom stereocenters. The summed E-state index contributed by atoms with van der Waals surface area (Å²) in [5.41, 5.74) is 0.660. The lowest BCUT2D eigenvalue weighted by atomic mass is 10.2. The van der Waals surface area contributed by atoms with Crippen molar-refractivity contribution in [2.45, 2.75) is 13.0 Å². The largest absolute Gasteiger partial charge is 0.469 e. The van der Waals surface area contributed by atoms with Gasteiger partial charge in [-0.25, -0.2) is 4.39 Å². The summed E-state index contributed by atoms with van der Waals surface area (Å²) in [5.74, 6) is 0.188. The van der Waals surface area contributed by atoms with E-state index in [2.05, 4.69) is 14.9 Å². The van der Waals surface area contributed by atoms with Crippen LogP contribution < -0.4 is 0 Å². The minimum Gasteiger partial charge on any atom is -0.469 e. The fraction of sp³-hybridized carbons (Fsp3) is 0.357. The van der Waals surface area contributed by atoms with Crippen LogP contribution in [0.3, 0.4) is 0 Å². The average molecular weight is 293 g/mol. The third kappa shape index (κ3) is 4.35. The van der Waals surface area contributed by atoms with Crippen molar-refractivity contribution in [3.05, 3.63) is 36.0 Å². The molecule has 21 heavy (non-hydrogen) atoms. The first-order chi connectivity index (χ1) is 10.1. The van der Waals surface area contributed by atoms with Gasteiger partial charge in [0.1, 0.15) is 5.82 Å². The highest BCUT2D eigenvalue weighted by Gasteiger charge is 2.11.